The van der Waals surface area contributed by atoms with Crippen LogP contribution in [0.1, 0.15) is 34.5 Å². The van der Waals surface area contributed by atoms with E-state index >= 15 is 0 Å². The van der Waals surface area contributed by atoms with E-state index in [4.69, 9.17) is 11.6 Å². The first-order chi connectivity index (χ1) is 13.0. The zero-order valence-corrected chi connectivity index (χ0v) is 17.4. The number of pyridine rings is 2. The Kier molecular flexibility index (Phi) is 6.06. The highest BCUT2D eigenvalue weighted by molar-refractivity contribution is 6.31. The standard InChI is InChI=1S/C21H21ClN4O.ClH/c1-13-5-7-15(11-18(13)22)25-19-16-8-6-14(2)24-20(16)23-12-17(19)21(27)26-9-3-4-10-26;/h5-8,11-12H,3-4,9-10H2,1-2H3,(H,23,24,25);1H. The normalized spacial score (nSPS) is 13.5. The molecule has 7 heteroatoms. The molecule has 1 fully saturated rings. The Morgan fingerprint density at radius 1 is 1.14 bits per heavy atom. The first-order valence-corrected chi connectivity index (χ1v) is 9.49. The number of benzene rings is 1. The first kappa shape index (κ1) is 20.4. The molecule has 28 heavy (non-hydrogen) atoms. The molecule has 1 aliphatic heterocycles. The van der Waals surface area contributed by atoms with E-state index in [0.717, 1.165) is 53.9 Å². The average Bonchev–Trinajstić information content (AvgIpc) is 3.19. The quantitative estimate of drug-likeness (QED) is 0.628. The van der Waals surface area contributed by atoms with Crippen LogP contribution in [0.2, 0.25) is 5.02 Å². The van der Waals surface area contributed by atoms with Gasteiger partial charge in [0.15, 0.2) is 5.65 Å². The highest BCUT2D eigenvalue weighted by atomic mass is 35.5. The molecule has 0 spiro atoms. The van der Waals surface area contributed by atoms with E-state index in [1.165, 1.54) is 0 Å². The molecule has 1 amide bonds. The lowest BCUT2D eigenvalue weighted by Gasteiger charge is -2.19. The van der Waals surface area contributed by atoms with Gasteiger partial charge in [-0.1, -0.05) is 17.7 Å². The van der Waals surface area contributed by atoms with E-state index in [2.05, 4.69) is 15.3 Å². The topological polar surface area (TPSA) is 58.1 Å². The summed E-state index contributed by atoms with van der Waals surface area (Å²) in [6.07, 6.45) is 3.72. The van der Waals surface area contributed by atoms with Crippen LogP contribution < -0.4 is 5.32 Å². The lowest BCUT2D eigenvalue weighted by atomic mass is 10.1. The molecule has 3 aromatic rings. The molecule has 1 N–H and O–H groups in total. The minimum atomic E-state index is 0. The molecule has 2 aromatic heterocycles. The van der Waals surface area contributed by atoms with Gasteiger partial charge >= 0.3 is 0 Å². The van der Waals surface area contributed by atoms with E-state index in [1.54, 1.807) is 6.20 Å². The van der Waals surface area contributed by atoms with Crippen molar-refractivity contribution in [2.75, 3.05) is 18.4 Å². The Morgan fingerprint density at radius 3 is 2.61 bits per heavy atom. The van der Waals surface area contributed by atoms with Gasteiger partial charge in [-0.15, -0.1) is 12.4 Å². The van der Waals surface area contributed by atoms with Gasteiger partial charge in [-0.2, -0.15) is 0 Å². The lowest BCUT2D eigenvalue weighted by molar-refractivity contribution is 0.0793. The number of carbonyl (C=O) groups excluding carboxylic acids is 1. The number of hydrogen-bond acceptors (Lipinski definition) is 4. The van der Waals surface area contributed by atoms with Gasteiger partial charge in [0.2, 0.25) is 0 Å². The summed E-state index contributed by atoms with van der Waals surface area (Å²) in [6.45, 7) is 5.47. The molecule has 0 bridgehead atoms. The summed E-state index contributed by atoms with van der Waals surface area (Å²) in [6, 6.07) is 9.68. The SMILES string of the molecule is Cc1ccc2c(Nc3ccc(C)c(Cl)c3)c(C(=O)N3CCCC3)cnc2n1.Cl. The van der Waals surface area contributed by atoms with E-state index in [0.29, 0.717) is 16.2 Å². The number of hydrogen-bond donors (Lipinski definition) is 1. The van der Waals surface area contributed by atoms with Gasteiger partial charge in [0.05, 0.1) is 11.3 Å². The number of rotatable bonds is 3. The van der Waals surface area contributed by atoms with Crippen LogP contribution in [0.15, 0.2) is 36.5 Å². The van der Waals surface area contributed by atoms with Crippen molar-refractivity contribution in [2.45, 2.75) is 26.7 Å². The number of likely N-dealkylation sites (tertiary alicyclic amines) is 1. The van der Waals surface area contributed by atoms with E-state index in [9.17, 15) is 4.79 Å². The number of carbonyl (C=O) groups is 1. The van der Waals surface area contributed by atoms with Gasteiger partial charge in [0.1, 0.15) is 0 Å². The molecule has 1 saturated heterocycles. The molecule has 1 aromatic carbocycles. The Balaban J connectivity index is 0.00000225. The van der Waals surface area contributed by atoms with Crippen molar-refractivity contribution in [3.63, 3.8) is 0 Å². The van der Waals surface area contributed by atoms with Crippen LogP contribution >= 0.6 is 24.0 Å². The first-order valence-electron chi connectivity index (χ1n) is 9.12. The highest BCUT2D eigenvalue weighted by Crippen LogP contribution is 2.31. The third kappa shape index (κ3) is 3.91. The second kappa shape index (κ2) is 8.33. The number of nitrogens with zero attached hydrogens (tertiary/aromatic N) is 3. The van der Waals surface area contributed by atoms with Gasteiger partial charge < -0.3 is 10.2 Å². The monoisotopic (exact) mass is 416 g/mol. The maximum atomic E-state index is 13.1. The zero-order chi connectivity index (χ0) is 19.0. The van der Waals surface area contributed by atoms with Crippen LogP contribution in [0.5, 0.6) is 0 Å². The third-order valence-corrected chi connectivity index (χ3v) is 5.34. The van der Waals surface area contributed by atoms with Gasteiger partial charge in [0, 0.05) is 41.1 Å². The molecule has 5 nitrogen and oxygen atoms in total. The minimum absolute atomic E-state index is 0. The predicted molar refractivity (Wildman–Crippen MR) is 116 cm³/mol. The summed E-state index contributed by atoms with van der Waals surface area (Å²) in [4.78, 5) is 23.9. The maximum absolute atomic E-state index is 13.1. The predicted octanol–water partition coefficient (Wildman–Crippen LogP) is 5.30. The van der Waals surface area contributed by atoms with Crippen LogP contribution in [0.3, 0.4) is 0 Å². The fourth-order valence-corrected chi connectivity index (χ4v) is 3.55. The Hall–Kier alpha value is -2.37. The number of amides is 1. The molecule has 1 aliphatic rings. The largest absolute Gasteiger partial charge is 0.354 e. The van der Waals surface area contributed by atoms with E-state index < -0.39 is 0 Å². The van der Waals surface area contributed by atoms with E-state index in [-0.39, 0.29) is 18.3 Å². The van der Waals surface area contributed by atoms with E-state index in [1.807, 2.05) is 49.1 Å². The fraction of sp³-hybridized carbons (Fsp3) is 0.286. The fourth-order valence-electron chi connectivity index (χ4n) is 3.37. The molecule has 0 unspecified atom stereocenters. The molecule has 4 rings (SSSR count). The molecule has 0 radical (unpaired) electrons. The van der Waals surface area contributed by atoms with Crippen LogP contribution in [0.25, 0.3) is 11.0 Å². The van der Waals surface area contributed by atoms with Crippen molar-refractivity contribution in [3.8, 4) is 0 Å². The van der Waals surface area contributed by atoms with Crippen molar-refractivity contribution >= 4 is 52.3 Å². The number of anilines is 2. The Bertz CT molecular complexity index is 1030. The van der Waals surface area contributed by atoms with Gasteiger partial charge in [-0.25, -0.2) is 9.97 Å². The minimum Gasteiger partial charge on any atom is -0.354 e. The van der Waals surface area contributed by atoms with Gasteiger partial charge in [-0.05, 0) is 56.5 Å². The lowest BCUT2D eigenvalue weighted by Crippen LogP contribution is -2.28. The smallest absolute Gasteiger partial charge is 0.257 e. The number of nitrogens with one attached hydrogen (secondary N) is 1. The second-order valence-electron chi connectivity index (χ2n) is 6.96. The Morgan fingerprint density at radius 2 is 1.89 bits per heavy atom. The number of fused-ring (bicyclic) bond motifs is 1. The highest BCUT2D eigenvalue weighted by Gasteiger charge is 2.24. The van der Waals surface area contributed by atoms with Crippen molar-refractivity contribution in [3.05, 3.63) is 58.4 Å². The number of halogens is 2. The average molecular weight is 417 g/mol. The zero-order valence-electron chi connectivity index (χ0n) is 15.8. The molecule has 0 atom stereocenters. The van der Waals surface area contributed by atoms with Crippen LogP contribution in [0, 0.1) is 13.8 Å². The summed E-state index contributed by atoms with van der Waals surface area (Å²) < 4.78 is 0. The Labute approximate surface area is 175 Å². The molecular formula is C21H22Cl2N4O. The third-order valence-electron chi connectivity index (χ3n) is 4.93. The summed E-state index contributed by atoms with van der Waals surface area (Å²) in [5, 5.41) is 4.90. The number of aromatic nitrogens is 2. The second-order valence-corrected chi connectivity index (χ2v) is 7.37. The van der Waals surface area contributed by atoms with Crippen molar-refractivity contribution in [1.82, 2.24) is 14.9 Å². The van der Waals surface area contributed by atoms with Crippen molar-refractivity contribution in [1.29, 1.82) is 0 Å². The molecule has 3 heterocycles. The van der Waals surface area contributed by atoms with Crippen LogP contribution in [0.4, 0.5) is 11.4 Å². The van der Waals surface area contributed by atoms with Gasteiger partial charge in [0.25, 0.3) is 5.91 Å². The summed E-state index contributed by atoms with van der Waals surface area (Å²) in [7, 11) is 0. The van der Waals surface area contributed by atoms with Crippen LogP contribution in [-0.4, -0.2) is 33.9 Å². The summed E-state index contributed by atoms with van der Waals surface area (Å²) in [5.74, 6) is 0.00295. The number of aryl methyl sites for hydroxylation is 2. The van der Waals surface area contributed by atoms with Crippen molar-refractivity contribution < 1.29 is 4.79 Å². The van der Waals surface area contributed by atoms with Crippen molar-refractivity contribution in [2.24, 2.45) is 0 Å². The van der Waals surface area contributed by atoms with Crippen LogP contribution in [-0.2, 0) is 0 Å². The van der Waals surface area contributed by atoms with Gasteiger partial charge in [-0.3, -0.25) is 4.79 Å². The summed E-state index contributed by atoms with van der Waals surface area (Å²) >= 11 is 6.29. The summed E-state index contributed by atoms with van der Waals surface area (Å²) in [5.41, 5.74) is 4.63. The molecular weight excluding hydrogens is 395 g/mol. The maximum Gasteiger partial charge on any atom is 0.257 e. The molecule has 0 aliphatic carbocycles. The molecule has 0 saturated carbocycles. The molecule has 146 valence electrons.